The molecule has 1 aromatic rings. The van der Waals surface area contributed by atoms with Gasteiger partial charge in [-0.25, -0.2) is 0 Å². The maximum Gasteiger partial charge on any atom is 0.251 e. The predicted octanol–water partition coefficient (Wildman–Crippen LogP) is 2.54. The molecule has 1 aromatic carbocycles. The molecule has 122 valence electrons. The van der Waals surface area contributed by atoms with Crippen LogP contribution in [0.1, 0.15) is 50.9 Å². The average Bonchev–Trinajstić information content (AvgIpc) is 2.44. The summed E-state index contributed by atoms with van der Waals surface area (Å²) in [5.41, 5.74) is 1.05. The third kappa shape index (κ3) is 7.11. The first-order valence-corrected chi connectivity index (χ1v) is 7.75. The smallest absolute Gasteiger partial charge is 0.251 e. The summed E-state index contributed by atoms with van der Waals surface area (Å²) in [7, 11) is 0. The highest BCUT2D eigenvalue weighted by molar-refractivity contribution is 5.95. The lowest BCUT2D eigenvalue weighted by atomic mass is 10.1. The molecule has 0 aliphatic carbocycles. The van der Waals surface area contributed by atoms with Gasteiger partial charge in [0.25, 0.3) is 5.91 Å². The zero-order chi connectivity index (χ0) is 16.6. The Morgan fingerprint density at radius 1 is 1.18 bits per heavy atom. The summed E-state index contributed by atoms with van der Waals surface area (Å²) in [6.07, 6.45) is 2.03. The third-order valence-corrected chi connectivity index (χ3v) is 2.92. The first-order valence-electron chi connectivity index (χ1n) is 7.75. The zero-order valence-corrected chi connectivity index (χ0v) is 14.0. The largest absolute Gasteiger partial charge is 0.376 e. The number of benzene rings is 1. The van der Waals surface area contributed by atoms with Crippen molar-refractivity contribution >= 4 is 17.5 Å². The molecule has 1 rings (SSSR count). The van der Waals surface area contributed by atoms with Gasteiger partial charge in [-0.05, 0) is 45.4 Å². The Hall–Kier alpha value is -2.04. The molecule has 0 unspecified atom stereocenters. The van der Waals surface area contributed by atoms with Crippen LogP contribution in [0.3, 0.4) is 0 Å². The van der Waals surface area contributed by atoms with Crippen LogP contribution in [0.2, 0.25) is 0 Å². The number of carbonyl (C=O) groups excluding carboxylic acids is 2. The second-order valence-electron chi connectivity index (χ2n) is 6.34. The number of carbonyl (C=O) groups is 2. The molecule has 5 nitrogen and oxygen atoms in total. The highest BCUT2D eigenvalue weighted by Gasteiger charge is 2.15. The van der Waals surface area contributed by atoms with Crippen molar-refractivity contribution in [2.45, 2.75) is 46.1 Å². The van der Waals surface area contributed by atoms with Crippen LogP contribution in [-0.2, 0) is 4.79 Å². The Labute approximate surface area is 132 Å². The highest BCUT2D eigenvalue weighted by atomic mass is 16.2. The normalized spacial score (nSPS) is 10.9. The van der Waals surface area contributed by atoms with E-state index in [1.807, 2.05) is 26.8 Å². The van der Waals surface area contributed by atoms with Crippen LogP contribution in [-0.4, -0.2) is 30.4 Å². The molecule has 0 aliphatic heterocycles. The summed E-state index contributed by atoms with van der Waals surface area (Å²) in [6.45, 7) is 8.80. The van der Waals surface area contributed by atoms with Gasteiger partial charge in [-0.2, -0.15) is 0 Å². The number of rotatable bonds is 7. The Balaban J connectivity index is 2.54. The van der Waals surface area contributed by atoms with Crippen LogP contribution in [0, 0.1) is 0 Å². The number of anilines is 1. The van der Waals surface area contributed by atoms with Gasteiger partial charge in [0.15, 0.2) is 0 Å². The fraction of sp³-hybridized carbons (Fsp3) is 0.529. The molecule has 0 heterocycles. The molecule has 0 aromatic heterocycles. The van der Waals surface area contributed by atoms with Gasteiger partial charge in [0, 0.05) is 23.3 Å². The molecule has 0 radical (unpaired) electrons. The first-order chi connectivity index (χ1) is 10.3. The molecular weight excluding hydrogens is 278 g/mol. The van der Waals surface area contributed by atoms with Gasteiger partial charge in [0.2, 0.25) is 5.91 Å². The van der Waals surface area contributed by atoms with Crippen molar-refractivity contribution in [2.75, 3.05) is 18.4 Å². The van der Waals surface area contributed by atoms with Crippen LogP contribution in [0.5, 0.6) is 0 Å². The Morgan fingerprint density at radius 2 is 1.91 bits per heavy atom. The lowest BCUT2D eigenvalue weighted by Crippen LogP contribution is -2.40. The van der Waals surface area contributed by atoms with Crippen LogP contribution in [0.4, 0.5) is 5.69 Å². The number of nitrogens with one attached hydrogen (secondary N) is 3. The number of hydrogen-bond donors (Lipinski definition) is 3. The molecule has 2 amide bonds. The van der Waals surface area contributed by atoms with Crippen LogP contribution < -0.4 is 16.0 Å². The molecule has 0 saturated carbocycles. The SMILES string of the molecule is CCCCNC(=O)CNc1cccc(C(=O)NC(C)(C)C)c1. The van der Waals surface area contributed by atoms with Gasteiger partial charge in [-0.3, -0.25) is 9.59 Å². The van der Waals surface area contributed by atoms with E-state index in [-0.39, 0.29) is 23.9 Å². The topological polar surface area (TPSA) is 70.2 Å². The summed E-state index contributed by atoms with van der Waals surface area (Å²) in [5.74, 6) is -0.165. The van der Waals surface area contributed by atoms with Crippen molar-refractivity contribution < 1.29 is 9.59 Å². The van der Waals surface area contributed by atoms with Gasteiger partial charge in [0.1, 0.15) is 0 Å². The molecule has 0 saturated heterocycles. The average molecular weight is 305 g/mol. The number of unbranched alkanes of at least 4 members (excludes halogenated alkanes) is 1. The lowest BCUT2D eigenvalue weighted by molar-refractivity contribution is -0.119. The van der Waals surface area contributed by atoms with E-state index in [0.717, 1.165) is 18.5 Å². The van der Waals surface area contributed by atoms with Crippen molar-refractivity contribution in [2.24, 2.45) is 0 Å². The van der Waals surface area contributed by atoms with E-state index in [1.54, 1.807) is 18.2 Å². The summed E-state index contributed by atoms with van der Waals surface area (Å²) in [6, 6.07) is 7.15. The van der Waals surface area contributed by atoms with Gasteiger partial charge in [-0.15, -0.1) is 0 Å². The van der Waals surface area contributed by atoms with Crippen molar-refractivity contribution in [3.05, 3.63) is 29.8 Å². The Morgan fingerprint density at radius 3 is 2.55 bits per heavy atom. The lowest BCUT2D eigenvalue weighted by Gasteiger charge is -2.20. The van der Waals surface area contributed by atoms with E-state index in [0.29, 0.717) is 12.1 Å². The first kappa shape index (κ1) is 18.0. The highest BCUT2D eigenvalue weighted by Crippen LogP contribution is 2.11. The predicted molar refractivity (Wildman–Crippen MR) is 90.1 cm³/mol. The molecule has 3 N–H and O–H groups in total. The molecule has 0 bridgehead atoms. The molecule has 22 heavy (non-hydrogen) atoms. The van der Waals surface area contributed by atoms with Crippen molar-refractivity contribution in [3.63, 3.8) is 0 Å². The maximum absolute atomic E-state index is 12.1. The van der Waals surface area contributed by atoms with Crippen LogP contribution >= 0.6 is 0 Å². The van der Waals surface area contributed by atoms with Crippen molar-refractivity contribution in [1.29, 1.82) is 0 Å². The van der Waals surface area contributed by atoms with Crippen molar-refractivity contribution in [1.82, 2.24) is 10.6 Å². The van der Waals surface area contributed by atoms with Crippen molar-refractivity contribution in [3.8, 4) is 0 Å². The van der Waals surface area contributed by atoms with Gasteiger partial charge >= 0.3 is 0 Å². The Kier molecular flexibility index (Phi) is 6.89. The molecule has 0 spiro atoms. The van der Waals surface area contributed by atoms with Gasteiger partial charge in [0.05, 0.1) is 6.54 Å². The van der Waals surface area contributed by atoms with Gasteiger partial charge < -0.3 is 16.0 Å². The fourth-order valence-corrected chi connectivity index (χ4v) is 1.83. The quantitative estimate of drug-likeness (QED) is 0.678. The summed E-state index contributed by atoms with van der Waals surface area (Å²) < 4.78 is 0. The van der Waals surface area contributed by atoms with E-state index in [4.69, 9.17) is 0 Å². The van der Waals surface area contributed by atoms with E-state index in [2.05, 4.69) is 22.9 Å². The van der Waals surface area contributed by atoms with Crippen LogP contribution in [0.15, 0.2) is 24.3 Å². The monoisotopic (exact) mass is 305 g/mol. The van der Waals surface area contributed by atoms with E-state index in [1.165, 1.54) is 0 Å². The molecule has 5 heteroatoms. The van der Waals surface area contributed by atoms with E-state index >= 15 is 0 Å². The molecule has 0 aliphatic rings. The fourth-order valence-electron chi connectivity index (χ4n) is 1.83. The summed E-state index contributed by atoms with van der Waals surface area (Å²) in [5, 5.41) is 8.79. The molecular formula is C17H27N3O2. The third-order valence-electron chi connectivity index (χ3n) is 2.92. The molecule has 0 atom stereocenters. The minimum atomic E-state index is -0.278. The minimum Gasteiger partial charge on any atom is -0.376 e. The standard InChI is InChI=1S/C17H27N3O2/c1-5-6-10-18-15(21)12-19-14-9-7-8-13(11-14)16(22)20-17(2,3)4/h7-9,11,19H,5-6,10,12H2,1-4H3,(H,18,21)(H,20,22). The maximum atomic E-state index is 12.1. The number of hydrogen-bond acceptors (Lipinski definition) is 3. The minimum absolute atomic E-state index is 0.0435. The summed E-state index contributed by atoms with van der Waals surface area (Å²) >= 11 is 0. The van der Waals surface area contributed by atoms with Gasteiger partial charge in [-0.1, -0.05) is 19.4 Å². The van der Waals surface area contributed by atoms with Crippen LogP contribution in [0.25, 0.3) is 0 Å². The molecule has 0 fully saturated rings. The zero-order valence-electron chi connectivity index (χ0n) is 14.0. The summed E-state index contributed by atoms with van der Waals surface area (Å²) in [4.78, 5) is 23.8. The second-order valence-corrected chi connectivity index (χ2v) is 6.34. The Bertz CT molecular complexity index is 507. The van der Waals surface area contributed by atoms with E-state index < -0.39 is 0 Å². The second kappa shape index (κ2) is 8.41. The van der Waals surface area contributed by atoms with E-state index in [9.17, 15) is 9.59 Å². The number of amides is 2.